The molecule has 1 spiro atoms. The molecule has 0 unspecified atom stereocenters. The first kappa shape index (κ1) is 19.9. The number of amides is 1. The smallest absolute Gasteiger partial charge is 0.243 e. The number of aryl methyl sites for hydroxylation is 2. The number of hydrogen-bond acceptors (Lipinski definition) is 3. The molecular formula is C22H32N2O3S. The fraction of sp³-hybridized carbons (Fsp3) is 0.682. The van der Waals surface area contributed by atoms with Crippen LogP contribution in [0.4, 0.5) is 0 Å². The lowest BCUT2D eigenvalue weighted by atomic mass is 9.78. The second kappa shape index (κ2) is 7.45. The molecule has 2 saturated carbocycles. The van der Waals surface area contributed by atoms with E-state index >= 15 is 0 Å². The summed E-state index contributed by atoms with van der Waals surface area (Å²) in [5, 5.41) is 0. The molecule has 2 aliphatic carbocycles. The Morgan fingerprint density at radius 1 is 1.00 bits per heavy atom. The van der Waals surface area contributed by atoms with Gasteiger partial charge in [-0.2, -0.15) is 4.31 Å². The highest BCUT2D eigenvalue weighted by molar-refractivity contribution is 7.89. The minimum atomic E-state index is -3.68. The van der Waals surface area contributed by atoms with Gasteiger partial charge in [0.2, 0.25) is 15.9 Å². The molecule has 1 saturated heterocycles. The van der Waals surface area contributed by atoms with Gasteiger partial charge in [-0.3, -0.25) is 4.79 Å². The Morgan fingerprint density at radius 2 is 1.68 bits per heavy atom. The van der Waals surface area contributed by atoms with Crippen LogP contribution in [0.15, 0.2) is 23.1 Å². The Hall–Kier alpha value is -1.40. The number of hydrogen-bond donors (Lipinski definition) is 0. The zero-order chi connectivity index (χ0) is 19.9. The first-order valence-electron chi connectivity index (χ1n) is 10.7. The van der Waals surface area contributed by atoms with Crippen molar-refractivity contribution >= 4 is 15.9 Å². The Bertz CT molecular complexity index is 853. The Balaban J connectivity index is 1.69. The Morgan fingerprint density at radius 3 is 2.32 bits per heavy atom. The number of carbonyl (C=O) groups is 1. The highest BCUT2D eigenvalue weighted by Gasteiger charge is 2.51. The average Bonchev–Trinajstić information content (AvgIpc) is 3.15. The van der Waals surface area contributed by atoms with Gasteiger partial charge in [0.15, 0.2) is 0 Å². The third kappa shape index (κ3) is 3.39. The molecule has 28 heavy (non-hydrogen) atoms. The summed E-state index contributed by atoms with van der Waals surface area (Å²) in [6.07, 6.45) is 9.67. The standard InChI is InChI=1S/C22H32N2O3S/c1-17-10-11-20(18(2)14-17)28(26,27)23-15-21(25)24(19-8-4-5-9-19)22(16-23)12-6-3-7-13-22/h10-11,14,19H,3-9,12-13,15-16H2,1-2H3. The predicted octanol–water partition coefficient (Wildman–Crippen LogP) is 3.78. The van der Waals surface area contributed by atoms with Gasteiger partial charge in [-0.15, -0.1) is 0 Å². The van der Waals surface area contributed by atoms with E-state index in [1.54, 1.807) is 6.07 Å². The van der Waals surface area contributed by atoms with Crippen molar-refractivity contribution in [2.75, 3.05) is 13.1 Å². The van der Waals surface area contributed by atoms with Crippen molar-refractivity contribution < 1.29 is 13.2 Å². The van der Waals surface area contributed by atoms with Crippen LogP contribution >= 0.6 is 0 Å². The van der Waals surface area contributed by atoms with Crippen LogP contribution in [0.1, 0.15) is 68.9 Å². The van der Waals surface area contributed by atoms with E-state index in [0.717, 1.165) is 49.7 Å². The zero-order valence-corrected chi connectivity index (χ0v) is 17.9. The molecule has 1 aliphatic heterocycles. The van der Waals surface area contributed by atoms with Crippen molar-refractivity contribution in [1.29, 1.82) is 0 Å². The van der Waals surface area contributed by atoms with Gasteiger partial charge < -0.3 is 4.90 Å². The van der Waals surface area contributed by atoms with E-state index < -0.39 is 10.0 Å². The summed E-state index contributed by atoms with van der Waals surface area (Å²) >= 11 is 0. The van der Waals surface area contributed by atoms with Crippen LogP contribution in [-0.4, -0.2) is 48.2 Å². The molecule has 6 heteroatoms. The number of rotatable bonds is 3. The van der Waals surface area contributed by atoms with Crippen molar-refractivity contribution in [3.63, 3.8) is 0 Å². The minimum Gasteiger partial charge on any atom is -0.332 e. The normalized spacial score (nSPS) is 24.2. The zero-order valence-electron chi connectivity index (χ0n) is 17.1. The molecule has 154 valence electrons. The van der Waals surface area contributed by atoms with Crippen molar-refractivity contribution in [3.05, 3.63) is 29.3 Å². The number of carbonyl (C=O) groups excluding carboxylic acids is 1. The monoisotopic (exact) mass is 404 g/mol. The first-order chi connectivity index (χ1) is 13.3. The summed E-state index contributed by atoms with van der Waals surface area (Å²) in [6.45, 7) is 4.23. The average molecular weight is 405 g/mol. The van der Waals surface area contributed by atoms with Gasteiger partial charge in [-0.1, -0.05) is 49.8 Å². The highest BCUT2D eigenvalue weighted by atomic mass is 32.2. The molecule has 0 aromatic heterocycles. The van der Waals surface area contributed by atoms with Crippen LogP contribution in [-0.2, 0) is 14.8 Å². The van der Waals surface area contributed by atoms with E-state index in [2.05, 4.69) is 4.90 Å². The predicted molar refractivity (Wildman–Crippen MR) is 110 cm³/mol. The summed E-state index contributed by atoms with van der Waals surface area (Å²) in [6, 6.07) is 5.74. The summed E-state index contributed by atoms with van der Waals surface area (Å²) in [5.74, 6) is 0.00777. The van der Waals surface area contributed by atoms with Crippen molar-refractivity contribution in [2.45, 2.75) is 88.1 Å². The quantitative estimate of drug-likeness (QED) is 0.770. The van der Waals surface area contributed by atoms with E-state index in [4.69, 9.17) is 0 Å². The first-order valence-corrected chi connectivity index (χ1v) is 12.2. The van der Waals surface area contributed by atoms with Gasteiger partial charge in [0, 0.05) is 12.6 Å². The molecule has 3 aliphatic rings. The van der Waals surface area contributed by atoms with Crippen molar-refractivity contribution in [2.24, 2.45) is 0 Å². The van der Waals surface area contributed by atoms with E-state index in [9.17, 15) is 13.2 Å². The van der Waals surface area contributed by atoms with Crippen LogP contribution in [0.25, 0.3) is 0 Å². The summed E-state index contributed by atoms with van der Waals surface area (Å²) < 4.78 is 28.4. The van der Waals surface area contributed by atoms with Gasteiger partial charge >= 0.3 is 0 Å². The molecule has 0 N–H and O–H groups in total. The number of benzene rings is 1. The summed E-state index contributed by atoms with van der Waals surface area (Å²) in [7, 11) is -3.68. The molecule has 1 amide bonds. The lowest BCUT2D eigenvalue weighted by Crippen LogP contribution is -2.68. The van der Waals surface area contributed by atoms with Crippen LogP contribution in [0.3, 0.4) is 0 Å². The maximum Gasteiger partial charge on any atom is 0.243 e. The Kier molecular flexibility index (Phi) is 5.29. The van der Waals surface area contributed by atoms with Gasteiger partial charge in [-0.25, -0.2) is 8.42 Å². The van der Waals surface area contributed by atoms with E-state index in [1.165, 1.54) is 23.6 Å². The lowest BCUT2D eigenvalue weighted by Gasteiger charge is -2.54. The number of nitrogens with zero attached hydrogens (tertiary/aromatic N) is 2. The largest absolute Gasteiger partial charge is 0.332 e. The van der Waals surface area contributed by atoms with Gasteiger partial charge in [0.1, 0.15) is 0 Å². The molecule has 0 radical (unpaired) electrons. The van der Waals surface area contributed by atoms with Crippen LogP contribution in [0, 0.1) is 13.8 Å². The maximum atomic E-state index is 13.5. The Labute approximate surface area is 169 Å². The van der Waals surface area contributed by atoms with E-state index in [-0.39, 0.29) is 18.0 Å². The summed E-state index contributed by atoms with van der Waals surface area (Å²) in [5.41, 5.74) is 1.49. The molecule has 5 nitrogen and oxygen atoms in total. The molecular weight excluding hydrogens is 372 g/mol. The topological polar surface area (TPSA) is 57.7 Å². The minimum absolute atomic E-state index is 0.00777. The SMILES string of the molecule is Cc1ccc(S(=O)(=O)N2CC(=O)N(C3CCCC3)C3(CCCCC3)C2)c(C)c1. The van der Waals surface area contributed by atoms with Crippen molar-refractivity contribution in [1.82, 2.24) is 9.21 Å². The maximum absolute atomic E-state index is 13.5. The number of sulfonamides is 1. The van der Waals surface area contributed by atoms with E-state index in [1.807, 2.05) is 26.0 Å². The highest BCUT2D eigenvalue weighted by Crippen LogP contribution is 2.42. The van der Waals surface area contributed by atoms with Crippen LogP contribution in [0.5, 0.6) is 0 Å². The third-order valence-electron chi connectivity index (χ3n) is 6.98. The van der Waals surface area contributed by atoms with Gasteiger partial charge in [0.05, 0.1) is 17.0 Å². The molecule has 3 fully saturated rings. The second-order valence-electron chi connectivity index (χ2n) is 9.03. The third-order valence-corrected chi connectivity index (χ3v) is 8.94. The number of piperazine rings is 1. The van der Waals surface area contributed by atoms with Gasteiger partial charge in [-0.05, 0) is 51.2 Å². The molecule has 4 rings (SSSR count). The fourth-order valence-electron chi connectivity index (χ4n) is 5.71. The molecule has 0 atom stereocenters. The van der Waals surface area contributed by atoms with Crippen LogP contribution < -0.4 is 0 Å². The van der Waals surface area contributed by atoms with E-state index in [0.29, 0.717) is 17.5 Å². The van der Waals surface area contributed by atoms with Crippen molar-refractivity contribution in [3.8, 4) is 0 Å². The molecule has 1 heterocycles. The summed E-state index contributed by atoms with van der Waals surface area (Å²) in [4.78, 5) is 15.8. The van der Waals surface area contributed by atoms with Crippen LogP contribution in [0.2, 0.25) is 0 Å². The fourth-order valence-corrected chi connectivity index (χ4v) is 7.39. The molecule has 1 aromatic carbocycles. The molecule has 0 bridgehead atoms. The lowest BCUT2D eigenvalue weighted by molar-refractivity contribution is -0.150. The van der Waals surface area contributed by atoms with Gasteiger partial charge in [0.25, 0.3) is 0 Å². The second-order valence-corrected chi connectivity index (χ2v) is 10.9. The molecule has 1 aromatic rings.